The Hall–Kier alpha value is -2.39. The van der Waals surface area contributed by atoms with Crippen molar-refractivity contribution < 1.29 is 18.0 Å². The molecule has 0 unspecified atom stereocenters. The third-order valence-electron chi connectivity index (χ3n) is 7.64. The fourth-order valence-electron chi connectivity index (χ4n) is 5.31. The summed E-state index contributed by atoms with van der Waals surface area (Å²) >= 11 is -0.0924. The van der Waals surface area contributed by atoms with Gasteiger partial charge in [0.1, 0.15) is 0 Å². The number of carbonyl (C=O) groups is 1. The van der Waals surface area contributed by atoms with Gasteiger partial charge in [0.15, 0.2) is 0 Å². The fraction of sp³-hybridized carbons (Fsp3) is 0.581. The smallest absolute Gasteiger partial charge is 0.371 e. The van der Waals surface area contributed by atoms with Crippen LogP contribution in [0.4, 0.5) is 24.5 Å². The number of amides is 1. The predicted octanol–water partition coefficient (Wildman–Crippen LogP) is 6.92. The highest BCUT2D eigenvalue weighted by molar-refractivity contribution is 8.00. The standard InChI is InChI=1S/C30H41F3N4OS.CH4/c1-29(2,3)23-6-8-25(9-7-23)37-21-19-35(20-22-37)16-4-5-28(38)34-24-14-17-36(18-15-24)26-10-12-27(13-11-26)39-30(31,32)33;/h6-13,24H,4-5,14-22H2,1-3H3,(H,34,38);1H4. The Morgan fingerprint density at radius 2 is 1.38 bits per heavy atom. The molecule has 0 aliphatic carbocycles. The van der Waals surface area contributed by atoms with Gasteiger partial charge in [0.25, 0.3) is 0 Å². The number of thioether (sulfide) groups is 1. The van der Waals surface area contributed by atoms with E-state index < -0.39 is 5.51 Å². The van der Waals surface area contributed by atoms with Gasteiger partial charge in [-0.2, -0.15) is 13.2 Å². The van der Waals surface area contributed by atoms with Crippen molar-refractivity contribution in [3.05, 3.63) is 54.1 Å². The Bertz CT molecular complexity index is 1050. The molecular formula is C31H45F3N4OS. The number of hydrogen-bond donors (Lipinski definition) is 1. The van der Waals surface area contributed by atoms with E-state index >= 15 is 0 Å². The normalized spacial score (nSPS) is 17.4. The number of anilines is 2. The first-order valence-corrected chi connectivity index (χ1v) is 14.8. The van der Waals surface area contributed by atoms with Crippen LogP contribution in [0.3, 0.4) is 0 Å². The van der Waals surface area contributed by atoms with E-state index in [1.165, 1.54) is 23.4 Å². The minimum atomic E-state index is -4.27. The van der Waals surface area contributed by atoms with Crippen LogP contribution in [0, 0.1) is 0 Å². The lowest BCUT2D eigenvalue weighted by Gasteiger charge is -2.36. The van der Waals surface area contributed by atoms with E-state index in [-0.39, 0.29) is 41.4 Å². The zero-order valence-electron chi connectivity index (χ0n) is 23.3. The summed E-state index contributed by atoms with van der Waals surface area (Å²) in [6, 6.07) is 15.6. The first-order valence-electron chi connectivity index (χ1n) is 13.9. The van der Waals surface area contributed by atoms with E-state index in [0.29, 0.717) is 6.42 Å². The van der Waals surface area contributed by atoms with Crippen molar-refractivity contribution in [2.45, 2.75) is 75.7 Å². The van der Waals surface area contributed by atoms with Crippen molar-refractivity contribution in [3.8, 4) is 0 Å². The van der Waals surface area contributed by atoms with Crippen molar-refractivity contribution in [2.75, 3.05) is 55.6 Å². The van der Waals surface area contributed by atoms with Crippen LogP contribution >= 0.6 is 11.8 Å². The molecular weight excluding hydrogens is 533 g/mol. The minimum absolute atomic E-state index is 0. The van der Waals surface area contributed by atoms with Crippen molar-refractivity contribution in [2.24, 2.45) is 0 Å². The number of piperazine rings is 1. The Kier molecular flexibility index (Phi) is 11.2. The van der Waals surface area contributed by atoms with Crippen molar-refractivity contribution >= 4 is 29.0 Å². The Labute approximate surface area is 242 Å². The van der Waals surface area contributed by atoms with E-state index in [1.807, 2.05) is 0 Å². The molecule has 0 saturated carbocycles. The topological polar surface area (TPSA) is 38.8 Å². The number of benzene rings is 2. The van der Waals surface area contributed by atoms with Gasteiger partial charge in [0.05, 0.1) is 0 Å². The molecule has 222 valence electrons. The third-order valence-corrected chi connectivity index (χ3v) is 8.38. The average Bonchev–Trinajstić information content (AvgIpc) is 2.89. The lowest BCUT2D eigenvalue weighted by Crippen LogP contribution is -2.47. The van der Waals surface area contributed by atoms with E-state index in [0.717, 1.165) is 70.8 Å². The maximum Gasteiger partial charge on any atom is 0.446 e. The third kappa shape index (κ3) is 9.61. The van der Waals surface area contributed by atoms with Crippen LogP contribution in [0.2, 0.25) is 0 Å². The molecule has 40 heavy (non-hydrogen) atoms. The lowest BCUT2D eigenvalue weighted by molar-refractivity contribution is -0.122. The van der Waals surface area contributed by atoms with Crippen LogP contribution in [-0.2, 0) is 10.2 Å². The monoisotopic (exact) mass is 578 g/mol. The van der Waals surface area contributed by atoms with E-state index in [1.54, 1.807) is 12.1 Å². The summed E-state index contributed by atoms with van der Waals surface area (Å²) in [7, 11) is 0. The van der Waals surface area contributed by atoms with E-state index in [2.05, 4.69) is 65.1 Å². The van der Waals surface area contributed by atoms with Crippen LogP contribution in [0.25, 0.3) is 0 Å². The highest BCUT2D eigenvalue weighted by Gasteiger charge is 2.29. The summed E-state index contributed by atoms with van der Waals surface area (Å²) in [6.07, 6.45) is 3.06. The molecule has 2 aromatic carbocycles. The molecule has 0 atom stereocenters. The Balaban J connectivity index is 0.00000441. The summed E-state index contributed by atoms with van der Waals surface area (Å²) < 4.78 is 37.6. The summed E-state index contributed by atoms with van der Waals surface area (Å²) in [5.41, 5.74) is -0.547. The number of nitrogens with one attached hydrogen (secondary N) is 1. The van der Waals surface area contributed by atoms with E-state index in [4.69, 9.17) is 0 Å². The molecule has 1 amide bonds. The second kappa shape index (κ2) is 14.0. The second-order valence-corrected chi connectivity index (χ2v) is 12.7. The highest BCUT2D eigenvalue weighted by Crippen LogP contribution is 2.37. The molecule has 0 spiro atoms. The maximum absolute atomic E-state index is 12.5. The number of nitrogens with zero attached hydrogens (tertiary/aromatic N) is 3. The van der Waals surface area contributed by atoms with Crippen LogP contribution in [-0.4, -0.2) is 68.2 Å². The molecule has 2 fully saturated rings. The first-order chi connectivity index (χ1) is 18.5. The molecule has 0 radical (unpaired) electrons. The van der Waals surface area contributed by atoms with Crippen LogP contribution in [0.15, 0.2) is 53.4 Å². The number of alkyl halides is 3. The molecule has 5 nitrogen and oxygen atoms in total. The highest BCUT2D eigenvalue weighted by atomic mass is 32.2. The predicted molar refractivity (Wildman–Crippen MR) is 161 cm³/mol. The quantitative estimate of drug-likeness (QED) is 0.345. The molecule has 2 aromatic rings. The van der Waals surface area contributed by atoms with Gasteiger partial charge in [0.2, 0.25) is 5.91 Å². The van der Waals surface area contributed by atoms with Crippen LogP contribution in [0.5, 0.6) is 0 Å². The molecule has 0 bridgehead atoms. The molecule has 2 aliphatic rings. The molecule has 0 aromatic heterocycles. The largest absolute Gasteiger partial charge is 0.446 e. The molecule has 4 rings (SSSR count). The number of carbonyl (C=O) groups excluding carboxylic acids is 1. The number of hydrogen-bond acceptors (Lipinski definition) is 5. The maximum atomic E-state index is 12.5. The van der Waals surface area contributed by atoms with Gasteiger partial charge in [0, 0.05) is 68.0 Å². The summed E-state index contributed by atoms with van der Waals surface area (Å²) in [4.78, 5) is 19.8. The van der Waals surface area contributed by atoms with Crippen LogP contribution in [0.1, 0.15) is 59.4 Å². The van der Waals surface area contributed by atoms with Gasteiger partial charge in [-0.3, -0.25) is 9.69 Å². The van der Waals surface area contributed by atoms with Crippen LogP contribution < -0.4 is 15.1 Å². The zero-order valence-corrected chi connectivity index (χ0v) is 24.1. The van der Waals surface area contributed by atoms with E-state index in [9.17, 15) is 18.0 Å². The molecule has 1 N–H and O–H groups in total. The molecule has 2 aliphatic heterocycles. The van der Waals surface area contributed by atoms with Gasteiger partial charge < -0.3 is 15.1 Å². The summed E-state index contributed by atoms with van der Waals surface area (Å²) in [5.74, 6) is 0.111. The second-order valence-electron chi connectivity index (χ2n) is 11.6. The first kappa shape index (κ1) is 32.1. The van der Waals surface area contributed by atoms with Gasteiger partial charge in [-0.25, -0.2) is 0 Å². The SMILES string of the molecule is C.CC(C)(C)c1ccc(N2CCN(CCCC(=O)NC3CCN(c4ccc(SC(F)(F)F)cc4)CC3)CC2)cc1. The Morgan fingerprint density at radius 1 is 0.850 bits per heavy atom. The number of piperidine rings is 1. The fourth-order valence-corrected chi connectivity index (χ4v) is 5.85. The summed E-state index contributed by atoms with van der Waals surface area (Å²) in [5, 5.41) is 3.19. The molecule has 9 heteroatoms. The number of rotatable bonds is 8. The number of halogens is 3. The van der Waals surface area contributed by atoms with Gasteiger partial charge >= 0.3 is 5.51 Å². The minimum Gasteiger partial charge on any atom is -0.371 e. The average molecular weight is 579 g/mol. The molecule has 2 saturated heterocycles. The lowest BCUT2D eigenvalue weighted by atomic mass is 9.87. The van der Waals surface area contributed by atoms with Crippen molar-refractivity contribution in [3.63, 3.8) is 0 Å². The zero-order chi connectivity index (χ0) is 28.0. The Morgan fingerprint density at radius 3 is 1.90 bits per heavy atom. The van der Waals surface area contributed by atoms with Crippen molar-refractivity contribution in [1.82, 2.24) is 10.2 Å². The summed E-state index contributed by atoms with van der Waals surface area (Å²) in [6.45, 7) is 13.2. The van der Waals surface area contributed by atoms with Gasteiger partial charge in [-0.15, -0.1) is 0 Å². The van der Waals surface area contributed by atoms with Gasteiger partial charge in [-0.1, -0.05) is 40.3 Å². The molecule has 2 heterocycles. The van der Waals surface area contributed by atoms with Gasteiger partial charge in [-0.05, 0) is 84.9 Å². The van der Waals surface area contributed by atoms with Crippen molar-refractivity contribution in [1.29, 1.82) is 0 Å².